The molecule has 2 amide bonds. The van der Waals surface area contributed by atoms with Crippen LogP contribution in [0.4, 0.5) is 5.82 Å². The summed E-state index contributed by atoms with van der Waals surface area (Å²) >= 11 is 7.53. The van der Waals surface area contributed by atoms with Gasteiger partial charge in [0, 0.05) is 44.7 Å². The number of hydrogen-bond donors (Lipinski definition) is 1. The van der Waals surface area contributed by atoms with Crippen LogP contribution in [0.25, 0.3) is 0 Å². The molecule has 1 atom stereocenters. The zero-order valence-corrected chi connectivity index (χ0v) is 20.8. The van der Waals surface area contributed by atoms with E-state index >= 15 is 0 Å². The first-order chi connectivity index (χ1) is 14.8. The fourth-order valence-electron chi connectivity index (χ4n) is 3.58. The second kappa shape index (κ2) is 13.1. The van der Waals surface area contributed by atoms with E-state index in [2.05, 4.69) is 47.9 Å². The van der Waals surface area contributed by atoms with Crippen molar-refractivity contribution in [1.29, 1.82) is 0 Å². The summed E-state index contributed by atoms with van der Waals surface area (Å²) in [6, 6.07) is 1.85. The molecule has 0 aromatic carbocycles. The second-order valence-electron chi connectivity index (χ2n) is 8.51. The molecule has 1 fully saturated rings. The first-order valence-electron chi connectivity index (χ1n) is 11.3. The number of halogens is 1. The number of aromatic nitrogens is 2. The molecular weight excluding hydrogens is 434 g/mol. The Labute approximate surface area is 195 Å². The molecule has 1 aliphatic rings. The third-order valence-electron chi connectivity index (χ3n) is 5.20. The highest BCUT2D eigenvalue weighted by Gasteiger charge is 2.28. The Kier molecular flexibility index (Phi) is 10.9. The van der Waals surface area contributed by atoms with Crippen LogP contribution in [0.15, 0.2) is 11.2 Å². The van der Waals surface area contributed by atoms with Gasteiger partial charge in [0.25, 0.3) is 0 Å². The lowest BCUT2D eigenvalue weighted by Gasteiger charge is -2.40. The van der Waals surface area contributed by atoms with Crippen molar-refractivity contribution in [2.24, 2.45) is 5.92 Å². The highest BCUT2D eigenvalue weighted by Crippen LogP contribution is 2.24. The molecule has 0 saturated carbocycles. The van der Waals surface area contributed by atoms with Gasteiger partial charge in [-0.05, 0) is 19.3 Å². The van der Waals surface area contributed by atoms with E-state index in [1.165, 1.54) is 24.6 Å². The molecule has 1 aromatic rings. The number of carbonyl (C=O) groups excluding carboxylic acids is 2. The van der Waals surface area contributed by atoms with Crippen LogP contribution in [-0.4, -0.2) is 64.7 Å². The number of nitrogens with one attached hydrogen (secondary N) is 1. The molecule has 0 bridgehead atoms. The first-order valence-corrected chi connectivity index (χ1v) is 12.6. The number of amides is 2. The van der Waals surface area contributed by atoms with Crippen molar-refractivity contribution in [2.75, 3.05) is 36.8 Å². The molecule has 0 radical (unpaired) electrons. The normalized spacial score (nSPS) is 16.6. The second-order valence-corrected chi connectivity index (χ2v) is 9.84. The van der Waals surface area contributed by atoms with E-state index in [-0.39, 0.29) is 23.6 Å². The number of anilines is 1. The first kappa shape index (κ1) is 25.7. The summed E-state index contributed by atoms with van der Waals surface area (Å²) in [5.74, 6) is 1.55. The van der Waals surface area contributed by atoms with Gasteiger partial charge in [-0.15, -0.1) is 0 Å². The number of piperazine rings is 1. The fraction of sp³-hybridized carbons (Fsp3) is 0.727. The van der Waals surface area contributed by atoms with E-state index < -0.39 is 0 Å². The summed E-state index contributed by atoms with van der Waals surface area (Å²) in [5, 5.41) is 3.80. The summed E-state index contributed by atoms with van der Waals surface area (Å²) in [6.45, 7) is 11.1. The standard InChI is InChI=1S/C22H36ClN5O2S/c1-5-6-7-8-9-24-20(29)15-31-22-25-18(23)13-19(26-22)27-10-11-28(17(4)14-27)21(30)12-16(2)3/h13,16-17H,5-12,14-15H2,1-4H3,(H,24,29). The van der Waals surface area contributed by atoms with Crippen LogP contribution < -0.4 is 10.2 Å². The number of nitrogens with zero attached hydrogens (tertiary/aromatic N) is 4. The van der Waals surface area contributed by atoms with E-state index in [1.807, 2.05) is 4.90 Å². The van der Waals surface area contributed by atoms with Gasteiger partial charge < -0.3 is 15.1 Å². The fourth-order valence-corrected chi connectivity index (χ4v) is 4.49. The molecule has 0 spiro atoms. The third kappa shape index (κ3) is 8.85. The Morgan fingerprint density at radius 1 is 1.26 bits per heavy atom. The van der Waals surface area contributed by atoms with Gasteiger partial charge in [-0.25, -0.2) is 9.97 Å². The molecule has 1 N–H and O–H groups in total. The smallest absolute Gasteiger partial charge is 0.230 e. The van der Waals surface area contributed by atoms with E-state index in [9.17, 15) is 9.59 Å². The average molecular weight is 470 g/mol. The van der Waals surface area contributed by atoms with Crippen molar-refractivity contribution < 1.29 is 9.59 Å². The summed E-state index contributed by atoms with van der Waals surface area (Å²) in [5.41, 5.74) is 0. The van der Waals surface area contributed by atoms with Gasteiger partial charge in [0.2, 0.25) is 11.8 Å². The quantitative estimate of drug-likeness (QED) is 0.228. The highest BCUT2D eigenvalue weighted by molar-refractivity contribution is 7.99. The van der Waals surface area contributed by atoms with Crippen LogP contribution in [0, 0.1) is 5.92 Å². The molecule has 1 saturated heterocycles. The number of unbranched alkanes of at least 4 members (excludes halogenated alkanes) is 3. The van der Waals surface area contributed by atoms with Gasteiger partial charge in [0.15, 0.2) is 5.16 Å². The Morgan fingerprint density at radius 2 is 2.03 bits per heavy atom. The highest BCUT2D eigenvalue weighted by atomic mass is 35.5. The Balaban J connectivity index is 1.88. The monoisotopic (exact) mass is 469 g/mol. The van der Waals surface area contributed by atoms with Crippen molar-refractivity contribution >= 4 is 41.0 Å². The molecule has 0 aliphatic carbocycles. The van der Waals surface area contributed by atoms with Crippen LogP contribution in [0.2, 0.25) is 5.15 Å². The molecule has 31 heavy (non-hydrogen) atoms. The van der Waals surface area contributed by atoms with Crippen LogP contribution in [-0.2, 0) is 9.59 Å². The van der Waals surface area contributed by atoms with E-state index in [0.717, 1.165) is 18.7 Å². The van der Waals surface area contributed by atoms with Crippen molar-refractivity contribution in [2.45, 2.75) is 71.0 Å². The molecule has 7 nitrogen and oxygen atoms in total. The SMILES string of the molecule is CCCCCCNC(=O)CSc1nc(Cl)cc(N2CCN(C(=O)CC(C)C)C(C)C2)n1. The maximum Gasteiger partial charge on any atom is 0.230 e. The topological polar surface area (TPSA) is 78.4 Å². The minimum atomic E-state index is -0.0162. The average Bonchev–Trinajstić information content (AvgIpc) is 2.71. The van der Waals surface area contributed by atoms with Crippen molar-refractivity contribution in [1.82, 2.24) is 20.2 Å². The summed E-state index contributed by atoms with van der Waals surface area (Å²) in [6.07, 6.45) is 5.10. The lowest BCUT2D eigenvalue weighted by atomic mass is 10.1. The van der Waals surface area contributed by atoms with Gasteiger partial charge in [0.1, 0.15) is 11.0 Å². The Morgan fingerprint density at radius 3 is 2.71 bits per heavy atom. The van der Waals surface area contributed by atoms with Crippen LogP contribution in [0.1, 0.15) is 59.8 Å². The predicted octanol–water partition coefficient (Wildman–Crippen LogP) is 4.00. The van der Waals surface area contributed by atoms with Gasteiger partial charge in [-0.1, -0.05) is 63.4 Å². The lowest BCUT2D eigenvalue weighted by Crippen LogP contribution is -2.54. The maximum atomic E-state index is 12.5. The molecule has 1 unspecified atom stereocenters. The van der Waals surface area contributed by atoms with Gasteiger partial charge in [0.05, 0.1) is 5.75 Å². The van der Waals surface area contributed by atoms with E-state index in [1.54, 1.807) is 6.07 Å². The molecule has 174 valence electrons. The molecule has 9 heteroatoms. The lowest BCUT2D eigenvalue weighted by molar-refractivity contribution is -0.134. The molecule has 2 rings (SSSR count). The van der Waals surface area contributed by atoms with E-state index in [4.69, 9.17) is 11.6 Å². The van der Waals surface area contributed by atoms with Crippen molar-refractivity contribution in [3.63, 3.8) is 0 Å². The van der Waals surface area contributed by atoms with Crippen LogP contribution in [0.5, 0.6) is 0 Å². The number of carbonyl (C=O) groups is 2. The molecular formula is C22H36ClN5O2S. The maximum absolute atomic E-state index is 12.5. The predicted molar refractivity (Wildman–Crippen MR) is 128 cm³/mol. The summed E-state index contributed by atoms with van der Waals surface area (Å²) in [7, 11) is 0. The minimum Gasteiger partial charge on any atom is -0.355 e. The van der Waals surface area contributed by atoms with E-state index in [0.29, 0.717) is 48.8 Å². The van der Waals surface area contributed by atoms with Gasteiger partial charge in [-0.2, -0.15) is 0 Å². The number of hydrogen-bond acceptors (Lipinski definition) is 6. The van der Waals surface area contributed by atoms with Crippen LogP contribution in [0.3, 0.4) is 0 Å². The molecule has 1 aliphatic heterocycles. The zero-order chi connectivity index (χ0) is 22.8. The van der Waals surface area contributed by atoms with Crippen molar-refractivity contribution in [3.05, 3.63) is 11.2 Å². The number of rotatable bonds is 11. The van der Waals surface area contributed by atoms with Crippen LogP contribution >= 0.6 is 23.4 Å². The third-order valence-corrected chi connectivity index (χ3v) is 6.24. The largest absolute Gasteiger partial charge is 0.355 e. The Hall–Kier alpha value is -1.54. The molecule has 1 aromatic heterocycles. The van der Waals surface area contributed by atoms with Crippen molar-refractivity contribution in [3.8, 4) is 0 Å². The van der Waals surface area contributed by atoms with Gasteiger partial charge >= 0.3 is 0 Å². The Bertz CT molecular complexity index is 734. The summed E-state index contributed by atoms with van der Waals surface area (Å²) in [4.78, 5) is 37.5. The zero-order valence-electron chi connectivity index (χ0n) is 19.2. The molecule has 2 heterocycles. The summed E-state index contributed by atoms with van der Waals surface area (Å²) < 4.78 is 0. The minimum absolute atomic E-state index is 0.0162. The van der Waals surface area contributed by atoms with Gasteiger partial charge in [-0.3, -0.25) is 9.59 Å². The number of thioether (sulfide) groups is 1.